The molecular formula is C14H11N3O2. The molecular weight excluding hydrogens is 242 g/mol. The van der Waals surface area contributed by atoms with Crippen molar-refractivity contribution in [2.45, 2.75) is 0 Å². The lowest BCUT2D eigenvalue weighted by atomic mass is 10.2. The van der Waals surface area contributed by atoms with Crippen molar-refractivity contribution in [2.24, 2.45) is 0 Å². The third-order valence-corrected chi connectivity index (χ3v) is 2.67. The highest BCUT2D eigenvalue weighted by Crippen LogP contribution is 2.16. The van der Waals surface area contributed by atoms with Gasteiger partial charge in [0.15, 0.2) is 5.75 Å². The topological polar surface area (TPSA) is 67.0 Å². The van der Waals surface area contributed by atoms with Gasteiger partial charge in [0, 0.05) is 17.1 Å². The second-order valence-corrected chi connectivity index (χ2v) is 3.99. The maximum Gasteiger partial charge on any atom is 0.283 e. The number of pyridine rings is 1. The van der Waals surface area contributed by atoms with E-state index in [1.807, 2.05) is 12.1 Å². The van der Waals surface area contributed by atoms with E-state index in [-0.39, 0.29) is 5.91 Å². The Bertz CT molecular complexity index is 707. The molecule has 3 aromatic rings. The van der Waals surface area contributed by atoms with Gasteiger partial charge in [-0.1, -0.05) is 18.2 Å². The summed E-state index contributed by atoms with van der Waals surface area (Å²) in [5.74, 6) is 0.186. The summed E-state index contributed by atoms with van der Waals surface area (Å²) in [5.41, 5.74) is 3.70. The number of nitrogens with zero attached hydrogens (tertiary/aromatic N) is 1. The lowest BCUT2D eigenvalue weighted by molar-refractivity contribution is 0.0759. The van der Waals surface area contributed by atoms with Crippen molar-refractivity contribution >= 4 is 16.9 Å². The summed E-state index contributed by atoms with van der Waals surface area (Å²) in [6.45, 7) is 0. The summed E-state index contributed by atoms with van der Waals surface area (Å²) >= 11 is 0. The molecule has 94 valence electrons. The zero-order valence-corrected chi connectivity index (χ0v) is 9.96. The smallest absolute Gasteiger partial charge is 0.283 e. The number of hydrogen-bond acceptors (Lipinski definition) is 3. The first-order valence-electron chi connectivity index (χ1n) is 5.78. The summed E-state index contributed by atoms with van der Waals surface area (Å²) in [4.78, 5) is 24.1. The van der Waals surface area contributed by atoms with Gasteiger partial charge in [0.25, 0.3) is 5.91 Å². The van der Waals surface area contributed by atoms with Crippen molar-refractivity contribution in [2.75, 3.05) is 0 Å². The highest BCUT2D eigenvalue weighted by atomic mass is 16.7. The molecule has 0 spiro atoms. The molecule has 0 aliphatic rings. The van der Waals surface area contributed by atoms with E-state index in [1.165, 1.54) is 0 Å². The van der Waals surface area contributed by atoms with Gasteiger partial charge in [-0.15, -0.1) is 0 Å². The molecule has 0 unspecified atom stereocenters. The fraction of sp³-hybridized carbons (Fsp3) is 0. The summed E-state index contributed by atoms with van der Waals surface area (Å²) in [6, 6.07) is 12.5. The zero-order valence-electron chi connectivity index (χ0n) is 9.96. The van der Waals surface area contributed by atoms with E-state index in [0.717, 1.165) is 11.0 Å². The lowest BCUT2D eigenvalue weighted by Gasteiger charge is -2.06. The quantitative estimate of drug-likeness (QED) is 0.704. The van der Waals surface area contributed by atoms with Gasteiger partial charge >= 0.3 is 0 Å². The molecule has 0 aliphatic carbocycles. The van der Waals surface area contributed by atoms with Gasteiger partial charge < -0.3 is 9.82 Å². The van der Waals surface area contributed by atoms with Crippen molar-refractivity contribution in [3.8, 4) is 5.75 Å². The van der Waals surface area contributed by atoms with Crippen LogP contribution in [-0.2, 0) is 0 Å². The van der Waals surface area contributed by atoms with E-state index in [9.17, 15) is 4.79 Å². The average molecular weight is 253 g/mol. The number of fused-ring (bicyclic) bond motifs is 1. The van der Waals surface area contributed by atoms with Gasteiger partial charge in [-0.05, 0) is 24.3 Å². The minimum atomic E-state index is -0.297. The molecule has 5 nitrogen and oxygen atoms in total. The molecule has 0 atom stereocenters. The number of H-pyrrole nitrogens is 1. The van der Waals surface area contributed by atoms with Crippen molar-refractivity contribution < 1.29 is 9.63 Å². The Balaban J connectivity index is 1.70. The second kappa shape index (κ2) is 4.81. The second-order valence-electron chi connectivity index (χ2n) is 3.99. The number of benzene rings is 1. The number of amides is 1. The number of carbonyl (C=O) groups is 1. The van der Waals surface area contributed by atoms with Crippen molar-refractivity contribution in [1.29, 1.82) is 0 Å². The Morgan fingerprint density at radius 1 is 1.21 bits per heavy atom. The minimum absolute atomic E-state index is 0.297. The highest BCUT2D eigenvalue weighted by molar-refractivity contribution is 5.93. The summed E-state index contributed by atoms with van der Waals surface area (Å²) in [5, 5.41) is 0.923. The molecule has 2 aromatic heterocycles. The SMILES string of the molecule is O=C(NOc1cnc2[nH]ccc2c1)c1ccccc1. The van der Waals surface area contributed by atoms with Crippen molar-refractivity contribution in [3.05, 3.63) is 60.4 Å². The van der Waals surface area contributed by atoms with Crippen LogP contribution in [0.4, 0.5) is 0 Å². The molecule has 0 aliphatic heterocycles. The van der Waals surface area contributed by atoms with Crippen LogP contribution in [0.1, 0.15) is 10.4 Å². The van der Waals surface area contributed by atoms with E-state index in [4.69, 9.17) is 4.84 Å². The van der Waals surface area contributed by atoms with Crippen molar-refractivity contribution in [1.82, 2.24) is 15.4 Å². The molecule has 1 amide bonds. The van der Waals surface area contributed by atoms with Crippen LogP contribution in [0.25, 0.3) is 11.0 Å². The monoisotopic (exact) mass is 253 g/mol. The van der Waals surface area contributed by atoms with Crippen LogP contribution in [0.2, 0.25) is 0 Å². The predicted molar refractivity (Wildman–Crippen MR) is 70.6 cm³/mol. The maximum absolute atomic E-state index is 11.8. The molecule has 1 aromatic carbocycles. The van der Waals surface area contributed by atoms with Crippen LogP contribution >= 0.6 is 0 Å². The van der Waals surface area contributed by atoms with Gasteiger partial charge in [-0.25, -0.2) is 4.98 Å². The zero-order chi connectivity index (χ0) is 13.1. The fourth-order valence-electron chi connectivity index (χ4n) is 1.73. The van der Waals surface area contributed by atoms with Crippen LogP contribution < -0.4 is 10.3 Å². The molecule has 0 saturated carbocycles. The Kier molecular flexibility index (Phi) is 2.86. The summed E-state index contributed by atoms with van der Waals surface area (Å²) in [6.07, 6.45) is 3.34. The van der Waals surface area contributed by atoms with E-state index < -0.39 is 0 Å². The molecule has 2 heterocycles. The van der Waals surface area contributed by atoms with Gasteiger partial charge in [-0.3, -0.25) is 4.79 Å². The Hall–Kier alpha value is -2.82. The Labute approximate surface area is 109 Å². The number of hydroxylamine groups is 1. The standard InChI is InChI=1S/C14H11N3O2/c18-14(10-4-2-1-3-5-10)17-19-12-8-11-6-7-15-13(11)16-9-12/h1-9H,(H,15,16)(H,17,18). The number of nitrogens with one attached hydrogen (secondary N) is 2. The van der Waals surface area contributed by atoms with E-state index in [0.29, 0.717) is 11.3 Å². The van der Waals surface area contributed by atoms with Gasteiger partial charge in [0.2, 0.25) is 0 Å². The molecule has 2 N–H and O–H groups in total. The van der Waals surface area contributed by atoms with E-state index in [1.54, 1.807) is 42.7 Å². The number of carbonyl (C=O) groups excluding carboxylic acids is 1. The third kappa shape index (κ3) is 2.40. The lowest BCUT2D eigenvalue weighted by Crippen LogP contribution is -2.26. The first-order chi connectivity index (χ1) is 9.33. The van der Waals surface area contributed by atoms with Gasteiger partial charge in [-0.2, -0.15) is 5.48 Å². The molecule has 5 heteroatoms. The van der Waals surface area contributed by atoms with E-state index in [2.05, 4.69) is 15.4 Å². The molecule has 19 heavy (non-hydrogen) atoms. The number of rotatable bonds is 3. The van der Waals surface area contributed by atoms with Crippen LogP contribution in [0.3, 0.4) is 0 Å². The first-order valence-corrected chi connectivity index (χ1v) is 5.78. The van der Waals surface area contributed by atoms with E-state index >= 15 is 0 Å². The number of hydrogen-bond donors (Lipinski definition) is 2. The average Bonchev–Trinajstić information content (AvgIpc) is 2.93. The Morgan fingerprint density at radius 2 is 2.05 bits per heavy atom. The minimum Gasteiger partial charge on any atom is -0.378 e. The van der Waals surface area contributed by atoms with Gasteiger partial charge in [0.1, 0.15) is 5.65 Å². The van der Waals surface area contributed by atoms with Gasteiger partial charge in [0.05, 0.1) is 6.20 Å². The molecule has 0 radical (unpaired) electrons. The van der Waals surface area contributed by atoms with Crippen LogP contribution in [0.5, 0.6) is 5.75 Å². The number of aromatic amines is 1. The van der Waals surface area contributed by atoms with Crippen LogP contribution in [0.15, 0.2) is 54.9 Å². The van der Waals surface area contributed by atoms with Crippen LogP contribution in [0, 0.1) is 0 Å². The Morgan fingerprint density at radius 3 is 2.89 bits per heavy atom. The third-order valence-electron chi connectivity index (χ3n) is 2.67. The molecule has 0 fully saturated rings. The van der Waals surface area contributed by atoms with Crippen molar-refractivity contribution in [3.63, 3.8) is 0 Å². The fourth-order valence-corrected chi connectivity index (χ4v) is 1.73. The predicted octanol–water partition coefficient (Wildman–Crippen LogP) is 2.29. The molecule has 0 bridgehead atoms. The molecule has 3 rings (SSSR count). The normalized spacial score (nSPS) is 10.3. The maximum atomic E-state index is 11.8. The first kappa shape index (κ1) is 11.3. The van der Waals surface area contributed by atoms with Crippen LogP contribution in [-0.4, -0.2) is 15.9 Å². The molecule has 0 saturated heterocycles. The largest absolute Gasteiger partial charge is 0.378 e. The highest BCUT2D eigenvalue weighted by Gasteiger charge is 2.05. The summed E-state index contributed by atoms with van der Waals surface area (Å²) < 4.78 is 0. The summed E-state index contributed by atoms with van der Waals surface area (Å²) in [7, 11) is 0. The number of aromatic nitrogens is 2.